The van der Waals surface area contributed by atoms with Gasteiger partial charge in [0.15, 0.2) is 5.69 Å². The number of nitrogens with zero attached hydrogens (tertiary/aromatic N) is 2. The largest absolute Gasteiger partial charge is 0.595 e. The Labute approximate surface area is 170 Å². The van der Waals surface area contributed by atoms with Gasteiger partial charge in [-0.15, -0.1) is 0 Å². The van der Waals surface area contributed by atoms with Crippen LogP contribution in [0.3, 0.4) is 0 Å². The van der Waals surface area contributed by atoms with Crippen molar-refractivity contribution in [2.75, 3.05) is 33.2 Å². The smallest absolute Gasteiger partial charge is 0.244 e. The van der Waals surface area contributed by atoms with Gasteiger partial charge in [0, 0.05) is 48.1 Å². The molecule has 1 atom stereocenters. The maximum Gasteiger partial charge on any atom is 0.244 e. The molecule has 2 aromatic carbocycles. The van der Waals surface area contributed by atoms with Gasteiger partial charge in [-0.1, -0.05) is 17.8 Å². The van der Waals surface area contributed by atoms with Gasteiger partial charge in [0.05, 0.1) is 0 Å². The highest BCUT2D eigenvalue weighted by molar-refractivity contribution is 8.00. The molecule has 0 bridgehead atoms. The second-order valence-corrected chi connectivity index (χ2v) is 10.1. The first-order valence-electron chi connectivity index (χ1n) is 8.99. The van der Waals surface area contributed by atoms with Crippen molar-refractivity contribution in [3.63, 3.8) is 0 Å². The zero-order chi connectivity index (χ0) is 20.5. The van der Waals surface area contributed by atoms with Crippen LogP contribution in [-0.2, 0) is 10.0 Å². The lowest BCUT2D eigenvalue weighted by Crippen LogP contribution is -2.99. The molecule has 1 saturated heterocycles. The zero-order valence-electron chi connectivity index (χ0n) is 16.2. The Morgan fingerprint density at radius 2 is 1.64 bits per heavy atom. The summed E-state index contributed by atoms with van der Waals surface area (Å²) >= 11 is 1.35. The third-order valence-electron chi connectivity index (χ3n) is 4.69. The number of hydrogen-bond donors (Lipinski definition) is 2. The normalized spacial score (nSPS) is 17.6. The number of likely N-dealkylation sites (N-methyl/N-ethyl adjacent to an activating group) is 1. The summed E-state index contributed by atoms with van der Waals surface area (Å²) in [4.78, 5) is 3.59. The van der Waals surface area contributed by atoms with E-state index < -0.39 is 15.2 Å². The quantitative estimate of drug-likeness (QED) is 0.713. The summed E-state index contributed by atoms with van der Waals surface area (Å²) in [5.41, 5.74) is 2.15. The summed E-state index contributed by atoms with van der Waals surface area (Å²) in [6.45, 7) is 6.07. The van der Waals surface area contributed by atoms with Crippen LogP contribution in [0, 0.1) is 19.1 Å². The van der Waals surface area contributed by atoms with Gasteiger partial charge in [0.2, 0.25) is 10.0 Å². The monoisotopic (exact) mass is 423 g/mol. The molecule has 0 amide bonds. The van der Waals surface area contributed by atoms with E-state index in [0.29, 0.717) is 31.1 Å². The van der Waals surface area contributed by atoms with Gasteiger partial charge >= 0.3 is 0 Å². The van der Waals surface area contributed by atoms with E-state index in [2.05, 4.69) is 11.0 Å². The fraction of sp³-hybridized carbons (Fsp3) is 0.368. The molecule has 0 saturated carbocycles. The van der Waals surface area contributed by atoms with Crippen molar-refractivity contribution in [3.8, 4) is 0 Å². The molecule has 9 heteroatoms. The molecule has 2 N–H and O–H groups in total. The molecule has 1 heterocycles. The van der Waals surface area contributed by atoms with E-state index in [-0.39, 0.29) is 10.6 Å². The minimum atomic E-state index is -3.79. The molecule has 1 aliphatic heterocycles. The maximum atomic E-state index is 13.3. The van der Waals surface area contributed by atoms with Crippen LogP contribution in [0.5, 0.6) is 0 Å². The molecule has 0 aromatic heterocycles. The molecule has 28 heavy (non-hydrogen) atoms. The Bertz CT molecular complexity index is 935. The number of aryl methyl sites for hydroxylation is 2. The number of benzene rings is 2. The van der Waals surface area contributed by atoms with Crippen LogP contribution in [-0.4, -0.2) is 56.1 Å². The average molecular weight is 424 g/mol. The predicted molar refractivity (Wildman–Crippen MR) is 109 cm³/mol. The van der Waals surface area contributed by atoms with Crippen LogP contribution in [0.2, 0.25) is 0 Å². The predicted octanol–water partition coefficient (Wildman–Crippen LogP) is 1.79. The second-order valence-electron chi connectivity index (χ2n) is 7.10. The van der Waals surface area contributed by atoms with E-state index in [9.17, 15) is 18.8 Å². The molecule has 1 aliphatic rings. The summed E-state index contributed by atoms with van der Waals surface area (Å²) in [7, 11) is -1.84. The standard InChI is InChI=1S/C19H25N3O4S2/c1-14-10-15(2)12-17(11-14)27-18-5-4-16(22(23)24)13-19(18)28(25,26)21-8-6-20(3)7-9-21/h4-5,10-13,22-23H,6-9H2,1-3H3. The molecule has 3 rings (SSSR count). The Kier molecular flexibility index (Phi) is 6.45. The maximum absolute atomic E-state index is 13.3. The summed E-state index contributed by atoms with van der Waals surface area (Å²) in [5, 5.41) is 19.6. The lowest BCUT2D eigenvalue weighted by Gasteiger charge is -2.32. The van der Waals surface area contributed by atoms with Crippen molar-refractivity contribution in [2.45, 2.75) is 28.5 Å². The van der Waals surface area contributed by atoms with Gasteiger partial charge in [-0.05, 0) is 50.2 Å². The molecule has 2 aromatic rings. The molecule has 0 spiro atoms. The number of nitrogens with one attached hydrogen (secondary N) is 1. The van der Waals surface area contributed by atoms with Crippen LogP contribution in [0.4, 0.5) is 5.69 Å². The van der Waals surface area contributed by atoms with Crippen molar-refractivity contribution < 1.29 is 18.9 Å². The number of sulfonamides is 1. The van der Waals surface area contributed by atoms with Gasteiger partial charge in [0.25, 0.3) is 0 Å². The molecule has 1 fully saturated rings. The Hall–Kier alpha value is -1.46. The van der Waals surface area contributed by atoms with Crippen molar-refractivity contribution in [1.29, 1.82) is 0 Å². The van der Waals surface area contributed by atoms with Crippen molar-refractivity contribution in [3.05, 3.63) is 52.7 Å². The van der Waals surface area contributed by atoms with Crippen molar-refractivity contribution in [1.82, 2.24) is 9.21 Å². The molecule has 0 radical (unpaired) electrons. The Morgan fingerprint density at radius 3 is 2.21 bits per heavy atom. The van der Waals surface area contributed by atoms with Gasteiger partial charge < -0.3 is 10.1 Å². The average Bonchev–Trinajstić information content (AvgIpc) is 2.61. The van der Waals surface area contributed by atoms with E-state index in [0.717, 1.165) is 16.0 Å². The topological polar surface area (TPSA) is 88.3 Å². The van der Waals surface area contributed by atoms with Gasteiger partial charge in [0.1, 0.15) is 4.90 Å². The van der Waals surface area contributed by atoms with E-state index in [4.69, 9.17) is 0 Å². The van der Waals surface area contributed by atoms with Gasteiger partial charge in [-0.2, -0.15) is 9.53 Å². The Morgan fingerprint density at radius 1 is 1.04 bits per heavy atom. The van der Waals surface area contributed by atoms with Gasteiger partial charge in [-0.25, -0.2) is 13.6 Å². The molecular formula is C19H25N3O4S2. The molecule has 7 nitrogen and oxygen atoms in total. The summed E-state index contributed by atoms with van der Waals surface area (Å²) in [6, 6.07) is 10.4. The van der Waals surface area contributed by atoms with Crippen LogP contribution < -0.4 is 5.23 Å². The third kappa shape index (κ3) is 4.74. The summed E-state index contributed by atoms with van der Waals surface area (Å²) in [6.07, 6.45) is 0. The molecule has 152 valence electrons. The number of hydrogen-bond acceptors (Lipinski definition) is 6. The SMILES string of the molecule is Cc1cc(C)cc(Sc2ccc([NH+]([O-])O)cc2S(=O)(=O)N2CCN(C)CC2)c1. The van der Waals surface area contributed by atoms with E-state index in [1.54, 1.807) is 6.07 Å². The third-order valence-corrected chi connectivity index (χ3v) is 7.81. The van der Waals surface area contributed by atoms with Crippen molar-refractivity contribution in [2.24, 2.45) is 0 Å². The zero-order valence-corrected chi connectivity index (χ0v) is 17.8. The lowest BCUT2D eigenvalue weighted by atomic mass is 10.2. The van der Waals surface area contributed by atoms with E-state index in [1.165, 1.54) is 28.2 Å². The fourth-order valence-corrected chi connectivity index (χ4v) is 6.21. The first-order chi connectivity index (χ1) is 13.2. The van der Waals surface area contributed by atoms with Crippen LogP contribution >= 0.6 is 11.8 Å². The van der Waals surface area contributed by atoms with Crippen LogP contribution in [0.1, 0.15) is 11.1 Å². The van der Waals surface area contributed by atoms with E-state index >= 15 is 0 Å². The summed E-state index contributed by atoms with van der Waals surface area (Å²) < 4.78 is 28.1. The number of rotatable bonds is 5. The molecule has 1 unspecified atom stereocenters. The first-order valence-corrected chi connectivity index (χ1v) is 11.2. The minimum Gasteiger partial charge on any atom is -0.595 e. The first kappa shape index (κ1) is 21.3. The van der Waals surface area contributed by atoms with E-state index in [1.807, 2.05) is 33.0 Å². The summed E-state index contributed by atoms with van der Waals surface area (Å²) in [5.74, 6) is 0. The van der Waals surface area contributed by atoms with Crippen molar-refractivity contribution >= 4 is 27.5 Å². The lowest BCUT2D eigenvalue weighted by molar-refractivity contribution is -0.991. The molecular weight excluding hydrogens is 398 g/mol. The Balaban J connectivity index is 2.03. The minimum absolute atomic E-state index is 0.0301. The second kappa shape index (κ2) is 8.50. The van der Waals surface area contributed by atoms with Gasteiger partial charge in [-0.3, -0.25) is 0 Å². The van der Waals surface area contributed by atoms with Crippen LogP contribution in [0.15, 0.2) is 51.1 Å². The number of piperazine rings is 1. The fourth-order valence-electron chi connectivity index (χ4n) is 3.21. The van der Waals surface area contributed by atoms with Crippen LogP contribution in [0.25, 0.3) is 0 Å². The highest BCUT2D eigenvalue weighted by Gasteiger charge is 2.30. The highest BCUT2D eigenvalue weighted by atomic mass is 32.2. The molecule has 0 aliphatic carbocycles. The number of quaternary nitrogens is 1. The highest BCUT2D eigenvalue weighted by Crippen LogP contribution is 2.36.